The van der Waals surface area contributed by atoms with Crippen molar-refractivity contribution in [2.75, 3.05) is 0 Å². The van der Waals surface area contributed by atoms with Gasteiger partial charge in [0, 0.05) is 6.92 Å². The van der Waals surface area contributed by atoms with Crippen molar-refractivity contribution in [3.05, 3.63) is 0 Å². The second-order valence-electron chi connectivity index (χ2n) is 4.05. The van der Waals surface area contributed by atoms with Crippen LogP contribution in [0.1, 0.15) is 6.92 Å². The molecule has 0 aliphatic carbocycles. The number of cyclic esters (lactones) is 6. The molecule has 0 aromatic heterocycles. The van der Waals surface area contributed by atoms with Crippen molar-refractivity contribution < 1.29 is 57.2 Å². The van der Waals surface area contributed by atoms with Crippen LogP contribution in [0.4, 0.5) is 14.4 Å². The predicted molar refractivity (Wildman–Crippen MR) is 48.6 cm³/mol. The van der Waals surface area contributed by atoms with Gasteiger partial charge in [-0.2, -0.15) is 0 Å². The fourth-order valence-corrected chi connectivity index (χ4v) is 3.05. The Kier molecular flexibility index (Phi) is 2.05. The maximum absolute atomic E-state index is 11.5. The standard InChI is InChI=1S/C7H5O12P/c1-5(14-2(8)15-5)6(16-3(9)17-6)7(20(11,12)13)18-4(10)19-7/h1H3,(H2,11,12,13). The molecule has 20 heavy (non-hydrogen) atoms. The third-order valence-corrected chi connectivity index (χ3v) is 4.09. The molecular weight excluding hydrogens is 307 g/mol. The molecule has 0 atom stereocenters. The molecule has 110 valence electrons. The molecule has 2 N–H and O–H groups in total. The molecule has 0 bridgehead atoms. The summed E-state index contributed by atoms with van der Waals surface area (Å²) in [7, 11) is -5.39. The number of carbonyl (C=O) groups excluding carboxylic acids is 3. The molecule has 3 aliphatic rings. The molecule has 3 saturated heterocycles. The topological polar surface area (TPSA) is 164 Å². The van der Waals surface area contributed by atoms with Crippen LogP contribution in [0.25, 0.3) is 0 Å². The van der Waals surface area contributed by atoms with Gasteiger partial charge in [0.15, 0.2) is 0 Å². The summed E-state index contributed by atoms with van der Waals surface area (Å²) in [6, 6.07) is 0. The largest absolute Gasteiger partial charge is 0.516 e. The van der Waals surface area contributed by atoms with Gasteiger partial charge >= 0.3 is 43.2 Å². The molecule has 0 aromatic carbocycles. The molecule has 12 nitrogen and oxygen atoms in total. The van der Waals surface area contributed by atoms with Gasteiger partial charge in [-0.3, -0.25) is 4.57 Å². The molecule has 0 radical (unpaired) electrons. The highest BCUT2D eigenvalue weighted by Gasteiger charge is 2.93. The zero-order valence-corrected chi connectivity index (χ0v) is 10.3. The lowest BCUT2D eigenvalue weighted by Gasteiger charge is -2.57. The average Bonchev–Trinajstić information content (AvgIpc) is 2.15. The molecule has 13 heteroatoms. The fourth-order valence-electron chi connectivity index (χ4n) is 1.98. The normalized spacial score (nSPS) is 27.9. The Balaban J connectivity index is 2.07. The summed E-state index contributed by atoms with van der Waals surface area (Å²) < 4.78 is 38.2. The van der Waals surface area contributed by atoms with Crippen LogP contribution in [0.2, 0.25) is 0 Å². The summed E-state index contributed by atoms with van der Waals surface area (Å²) in [4.78, 5) is 51.0. The minimum Gasteiger partial charge on any atom is -0.382 e. The van der Waals surface area contributed by atoms with E-state index in [0.717, 1.165) is 6.92 Å². The van der Waals surface area contributed by atoms with Gasteiger partial charge in [0.05, 0.1) is 0 Å². The minimum atomic E-state index is -5.39. The van der Waals surface area contributed by atoms with E-state index < -0.39 is 43.2 Å². The zero-order valence-electron chi connectivity index (χ0n) is 9.42. The average molecular weight is 312 g/mol. The molecule has 0 aromatic rings. The molecule has 3 rings (SSSR count). The molecule has 0 spiro atoms. The van der Waals surface area contributed by atoms with Crippen molar-refractivity contribution in [2.24, 2.45) is 0 Å². The quantitative estimate of drug-likeness (QED) is 0.398. The summed E-state index contributed by atoms with van der Waals surface area (Å²) >= 11 is 0. The van der Waals surface area contributed by atoms with Crippen LogP contribution < -0.4 is 0 Å². The number of rotatable bonds is 3. The van der Waals surface area contributed by atoms with Gasteiger partial charge in [-0.25, -0.2) is 14.4 Å². The van der Waals surface area contributed by atoms with E-state index in [2.05, 4.69) is 28.4 Å². The van der Waals surface area contributed by atoms with Crippen LogP contribution in [0.5, 0.6) is 0 Å². The zero-order chi connectivity index (χ0) is 15.0. The van der Waals surface area contributed by atoms with E-state index in [0.29, 0.717) is 0 Å². The summed E-state index contributed by atoms with van der Waals surface area (Å²) in [6.45, 7) is 0.966. The van der Waals surface area contributed by atoms with Crippen LogP contribution in [-0.4, -0.2) is 45.4 Å². The third-order valence-electron chi connectivity index (χ3n) is 2.85. The number of ether oxygens (including phenoxy) is 6. The lowest BCUT2D eigenvalue weighted by molar-refractivity contribution is -0.504. The Morgan fingerprint density at radius 2 is 1.25 bits per heavy atom. The van der Waals surface area contributed by atoms with Crippen LogP contribution in [0.3, 0.4) is 0 Å². The van der Waals surface area contributed by atoms with E-state index in [4.69, 9.17) is 0 Å². The molecule has 0 amide bonds. The Bertz CT molecular complexity index is 563. The van der Waals surface area contributed by atoms with Gasteiger partial charge < -0.3 is 38.2 Å². The van der Waals surface area contributed by atoms with Gasteiger partial charge in [0.2, 0.25) is 0 Å². The molecule has 3 fully saturated rings. The highest BCUT2D eigenvalue weighted by atomic mass is 31.2. The smallest absolute Gasteiger partial charge is 0.382 e. The van der Waals surface area contributed by atoms with E-state index in [1.165, 1.54) is 0 Å². The molecule has 0 saturated carbocycles. The maximum Gasteiger partial charge on any atom is 0.516 e. The minimum absolute atomic E-state index is 0.966. The van der Waals surface area contributed by atoms with E-state index in [9.17, 15) is 28.7 Å². The molecule has 3 heterocycles. The molecule has 3 aliphatic heterocycles. The van der Waals surface area contributed by atoms with Gasteiger partial charge in [-0.05, 0) is 0 Å². The first kappa shape index (κ1) is 13.0. The van der Waals surface area contributed by atoms with Crippen molar-refractivity contribution in [1.82, 2.24) is 0 Å². The lowest BCUT2D eigenvalue weighted by atomic mass is 10.0. The van der Waals surface area contributed by atoms with Crippen LogP contribution in [0.15, 0.2) is 0 Å². The number of carbonyl (C=O) groups is 3. The first-order valence-electron chi connectivity index (χ1n) is 4.87. The third kappa shape index (κ3) is 1.18. The second kappa shape index (κ2) is 3.16. The summed E-state index contributed by atoms with van der Waals surface area (Å²) in [5.41, 5.74) is -3.12. The van der Waals surface area contributed by atoms with E-state index in [1.54, 1.807) is 0 Å². The van der Waals surface area contributed by atoms with Gasteiger partial charge in [0.1, 0.15) is 0 Å². The Hall–Kier alpha value is -2.04. The van der Waals surface area contributed by atoms with Gasteiger partial charge in [-0.1, -0.05) is 0 Å². The molecular formula is C7H5O12P. The highest BCUT2D eigenvalue weighted by molar-refractivity contribution is 7.53. The van der Waals surface area contributed by atoms with Crippen molar-refractivity contribution in [1.29, 1.82) is 0 Å². The molecule has 0 unspecified atom stereocenters. The van der Waals surface area contributed by atoms with E-state index >= 15 is 0 Å². The Morgan fingerprint density at radius 3 is 1.55 bits per heavy atom. The fraction of sp³-hybridized carbons (Fsp3) is 0.571. The lowest BCUT2D eigenvalue weighted by Crippen LogP contribution is -2.84. The van der Waals surface area contributed by atoms with Crippen molar-refractivity contribution >= 4 is 26.1 Å². The van der Waals surface area contributed by atoms with Crippen LogP contribution in [0, 0.1) is 0 Å². The van der Waals surface area contributed by atoms with Crippen molar-refractivity contribution in [3.8, 4) is 0 Å². The highest BCUT2D eigenvalue weighted by Crippen LogP contribution is 2.68. The van der Waals surface area contributed by atoms with Crippen LogP contribution >= 0.6 is 7.60 Å². The van der Waals surface area contributed by atoms with Crippen molar-refractivity contribution in [3.63, 3.8) is 0 Å². The summed E-state index contributed by atoms with van der Waals surface area (Å²) in [5, 5.41) is 0. The Labute approximate surface area is 108 Å². The van der Waals surface area contributed by atoms with Gasteiger partial charge in [0.25, 0.3) is 0 Å². The van der Waals surface area contributed by atoms with E-state index in [1.807, 2.05) is 0 Å². The number of hydrogen-bond donors (Lipinski definition) is 2. The summed E-state index contributed by atoms with van der Waals surface area (Å²) in [6.07, 6.45) is -4.03. The van der Waals surface area contributed by atoms with Crippen LogP contribution in [-0.2, 0) is 33.0 Å². The second-order valence-corrected chi connectivity index (χ2v) is 5.73. The monoisotopic (exact) mass is 312 g/mol. The van der Waals surface area contributed by atoms with Gasteiger partial charge in [-0.15, -0.1) is 0 Å². The first-order chi connectivity index (χ1) is 9.05. The van der Waals surface area contributed by atoms with E-state index in [-0.39, 0.29) is 0 Å². The first-order valence-corrected chi connectivity index (χ1v) is 6.48. The predicted octanol–water partition coefficient (Wildman–Crippen LogP) is -0.269. The maximum atomic E-state index is 11.5. The SMILES string of the molecule is CC1(C2(C3(P(=O)(O)O)OC(=O)O3)OC(=O)O2)OC(=O)O1. The number of hydrogen-bond acceptors (Lipinski definition) is 10. The summed E-state index contributed by atoms with van der Waals surface area (Å²) in [5.74, 6) is -5.04. The van der Waals surface area contributed by atoms with Crippen molar-refractivity contribution in [2.45, 2.75) is 24.0 Å². The Morgan fingerprint density at radius 1 is 0.850 bits per heavy atom.